The van der Waals surface area contributed by atoms with E-state index in [4.69, 9.17) is 10.6 Å². The van der Waals surface area contributed by atoms with Crippen molar-refractivity contribution < 1.29 is 4.74 Å². The molecule has 0 aromatic heterocycles. The maximum atomic E-state index is 5.57. The lowest BCUT2D eigenvalue weighted by Gasteiger charge is -2.29. The van der Waals surface area contributed by atoms with Crippen LogP contribution in [0.1, 0.15) is 26.2 Å². The van der Waals surface area contributed by atoms with Crippen LogP contribution in [0, 0.1) is 5.92 Å². The molecule has 84 valence electrons. The van der Waals surface area contributed by atoms with Gasteiger partial charge in [-0.3, -0.25) is 11.3 Å². The number of thioether (sulfide) groups is 1. The number of hydrogen-bond donors (Lipinski definition) is 2. The van der Waals surface area contributed by atoms with E-state index in [2.05, 4.69) is 12.3 Å². The Kier molecular flexibility index (Phi) is 6.60. The highest BCUT2D eigenvalue weighted by Gasteiger charge is 2.22. The average molecular weight is 218 g/mol. The molecule has 14 heavy (non-hydrogen) atoms. The monoisotopic (exact) mass is 218 g/mol. The van der Waals surface area contributed by atoms with Crippen molar-refractivity contribution in [2.45, 2.75) is 32.2 Å². The highest BCUT2D eigenvalue weighted by Crippen LogP contribution is 2.20. The van der Waals surface area contributed by atoms with Gasteiger partial charge in [-0.05, 0) is 30.9 Å². The summed E-state index contributed by atoms with van der Waals surface area (Å²) >= 11 is 1.98. The number of rotatable bonds is 6. The molecule has 1 aliphatic heterocycles. The topological polar surface area (TPSA) is 47.3 Å². The quantitative estimate of drug-likeness (QED) is 0.402. The van der Waals surface area contributed by atoms with Gasteiger partial charge in [-0.25, -0.2) is 0 Å². The van der Waals surface area contributed by atoms with Gasteiger partial charge in [-0.2, -0.15) is 11.8 Å². The van der Waals surface area contributed by atoms with Gasteiger partial charge in [-0.15, -0.1) is 0 Å². The minimum Gasteiger partial charge on any atom is -0.381 e. The first kappa shape index (κ1) is 12.3. The molecule has 3 N–H and O–H groups in total. The van der Waals surface area contributed by atoms with E-state index in [-0.39, 0.29) is 0 Å². The Bertz CT molecular complexity index is 140. The molecule has 0 aliphatic carbocycles. The van der Waals surface area contributed by atoms with Crippen molar-refractivity contribution in [2.75, 3.05) is 24.7 Å². The van der Waals surface area contributed by atoms with E-state index in [9.17, 15) is 0 Å². The molecule has 0 aromatic rings. The van der Waals surface area contributed by atoms with Crippen molar-refractivity contribution in [3.8, 4) is 0 Å². The number of nitrogens with one attached hydrogen (secondary N) is 1. The summed E-state index contributed by atoms with van der Waals surface area (Å²) in [5.41, 5.74) is 2.93. The van der Waals surface area contributed by atoms with Gasteiger partial charge < -0.3 is 4.74 Å². The lowest BCUT2D eigenvalue weighted by Crippen LogP contribution is -2.45. The summed E-state index contributed by atoms with van der Waals surface area (Å²) in [6.45, 7) is 4.01. The second-order valence-electron chi connectivity index (χ2n) is 3.83. The molecule has 2 atom stereocenters. The molecular weight excluding hydrogens is 196 g/mol. The van der Waals surface area contributed by atoms with Crippen LogP contribution in [-0.4, -0.2) is 30.8 Å². The molecule has 1 saturated heterocycles. The number of nitrogens with two attached hydrogens (primary N) is 1. The normalized spacial score (nSPS) is 24.9. The van der Waals surface area contributed by atoms with E-state index >= 15 is 0 Å². The third-order valence-corrected chi connectivity index (χ3v) is 3.92. The fraction of sp³-hybridized carbons (Fsp3) is 1.00. The molecule has 2 unspecified atom stereocenters. The highest BCUT2D eigenvalue weighted by atomic mass is 32.2. The first-order valence-electron chi connectivity index (χ1n) is 5.50. The van der Waals surface area contributed by atoms with E-state index in [1.807, 2.05) is 11.8 Å². The Hall–Kier alpha value is 0.230. The third kappa shape index (κ3) is 4.17. The summed E-state index contributed by atoms with van der Waals surface area (Å²) < 4.78 is 5.47. The van der Waals surface area contributed by atoms with E-state index in [1.165, 1.54) is 25.0 Å². The highest BCUT2D eigenvalue weighted by molar-refractivity contribution is 7.99. The second kappa shape index (κ2) is 7.51. The van der Waals surface area contributed by atoms with Crippen LogP contribution in [-0.2, 0) is 4.74 Å². The SMILES string of the molecule is CCCSCC(NN)C1CCCOC1. The van der Waals surface area contributed by atoms with Crippen LogP contribution < -0.4 is 11.3 Å². The summed E-state index contributed by atoms with van der Waals surface area (Å²) in [5, 5.41) is 0. The first-order chi connectivity index (χ1) is 6.88. The molecular formula is C10H22N2OS. The number of ether oxygens (including phenoxy) is 1. The predicted octanol–water partition coefficient (Wildman–Crippen LogP) is 1.39. The Balaban J connectivity index is 2.21. The lowest BCUT2D eigenvalue weighted by molar-refractivity contribution is 0.0427. The summed E-state index contributed by atoms with van der Waals surface area (Å²) in [5.74, 6) is 8.51. The van der Waals surface area contributed by atoms with Gasteiger partial charge in [0.15, 0.2) is 0 Å². The van der Waals surface area contributed by atoms with Crippen LogP contribution in [0.4, 0.5) is 0 Å². The Labute approximate surface area is 91.1 Å². The summed E-state index contributed by atoms with van der Waals surface area (Å²) in [6.07, 6.45) is 3.67. The average Bonchev–Trinajstić information content (AvgIpc) is 2.26. The van der Waals surface area contributed by atoms with Crippen LogP contribution in [0.25, 0.3) is 0 Å². The van der Waals surface area contributed by atoms with Crippen molar-refractivity contribution in [1.82, 2.24) is 5.43 Å². The predicted molar refractivity (Wildman–Crippen MR) is 62.3 cm³/mol. The Morgan fingerprint density at radius 2 is 2.50 bits per heavy atom. The second-order valence-corrected chi connectivity index (χ2v) is 4.98. The number of hydrogen-bond acceptors (Lipinski definition) is 4. The molecule has 0 aromatic carbocycles. The van der Waals surface area contributed by atoms with Crippen molar-refractivity contribution in [3.05, 3.63) is 0 Å². The van der Waals surface area contributed by atoms with E-state index < -0.39 is 0 Å². The molecule has 1 rings (SSSR count). The summed E-state index contributed by atoms with van der Waals surface area (Å²) in [4.78, 5) is 0. The van der Waals surface area contributed by atoms with Crippen LogP contribution in [0.3, 0.4) is 0 Å². The molecule has 0 radical (unpaired) electrons. The summed E-state index contributed by atoms with van der Waals surface area (Å²) in [7, 11) is 0. The van der Waals surface area contributed by atoms with Gasteiger partial charge >= 0.3 is 0 Å². The molecule has 0 bridgehead atoms. The van der Waals surface area contributed by atoms with Gasteiger partial charge in [0, 0.05) is 18.4 Å². The van der Waals surface area contributed by atoms with E-state index in [1.54, 1.807) is 0 Å². The zero-order valence-corrected chi connectivity index (χ0v) is 9.81. The van der Waals surface area contributed by atoms with Crippen LogP contribution in [0.15, 0.2) is 0 Å². The Morgan fingerprint density at radius 3 is 3.07 bits per heavy atom. The van der Waals surface area contributed by atoms with Crippen molar-refractivity contribution in [3.63, 3.8) is 0 Å². The minimum atomic E-state index is 0.423. The van der Waals surface area contributed by atoms with Crippen molar-refractivity contribution in [2.24, 2.45) is 11.8 Å². The van der Waals surface area contributed by atoms with Gasteiger partial charge in [0.2, 0.25) is 0 Å². The molecule has 1 fully saturated rings. The molecule has 0 amide bonds. The minimum absolute atomic E-state index is 0.423. The van der Waals surface area contributed by atoms with Gasteiger partial charge in [0.1, 0.15) is 0 Å². The zero-order chi connectivity index (χ0) is 10.2. The maximum Gasteiger partial charge on any atom is 0.0509 e. The fourth-order valence-corrected chi connectivity index (χ4v) is 2.84. The maximum absolute atomic E-state index is 5.57. The molecule has 3 nitrogen and oxygen atoms in total. The molecule has 0 saturated carbocycles. The fourth-order valence-electron chi connectivity index (χ4n) is 1.76. The van der Waals surface area contributed by atoms with Gasteiger partial charge in [-0.1, -0.05) is 6.92 Å². The van der Waals surface area contributed by atoms with Crippen molar-refractivity contribution >= 4 is 11.8 Å². The van der Waals surface area contributed by atoms with Crippen molar-refractivity contribution in [1.29, 1.82) is 0 Å². The largest absolute Gasteiger partial charge is 0.381 e. The van der Waals surface area contributed by atoms with E-state index in [0.717, 1.165) is 19.0 Å². The van der Waals surface area contributed by atoms with Gasteiger partial charge in [0.05, 0.1) is 6.61 Å². The van der Waals surface area contributed by atoms with Crippen LogP contribution in [0.2, 0.25) is 0 Å². The zero-order valence-electron chi connectivity index (χ0n) is 9.00. The third-order valence-electron chi connectivity index (χ3n) is 2.62. The van der Waals surface area contributed by atoms with Crippen LogP contribution >= 0.6 is 11.8 Å². The lowest BCUT2D eigenvalue weighted by atomic mass is 9.95. The standard InChI is InChI=1S/C10H22N2OS/c1-2-6-14-8-10(12-11)9-4-3-5-13-7-9/h9-10,12H,2-8,11H2,1H3. The number of hydrazine groups is 1. The molecule has 1 aliphatic rings. The molecule has 4 heteroatoms. The molecule has 1 heterocycles. The first-order valence-corrected chi connectivity index (χ1v) is 6.65. The Morgan fingerprint density at radius 1 is 1.64 bits per heavy atom. The van der Waals surface area contributed by atoms with Crippen LogP contribution in [0.5, 0.6) is 0 Å². The van der Waals surface area contributed by atoms with Gasteiger partial charge in [0.25, 0.3) is 0 Å². The summed E-state index contributed by atoms with van der Waals surface area (Å²) in [6, 6.07) is 0.423. The van der Waals surface area contributed by atoms with E-state index in [0.29, 0.717) is 12.0 Å². The molecule has 0 spiro atoms. The smallest absolute Gasteiger partial charge is 0.0509 e.